The maximum Gasteiger partial charge on any atom is 0.164 e. The largest absolute Gasteiger partial charge is 0.456 e. The Balaban J connectivity index is 0.922. The van der Waals surface area contributed by atoms with E-state index in [-0.39, 0.29) is 0 Å². The number of furan rings is 2. The van der Waals surface area contributed by atoms with Gasteiger partial charge >= 0.3 is 0 Å². The van der Waals surface area contributed by atoms with Crippen LogP contribution in [-0.2, 0) is 0 Å². The van der Waals surface area contributed by atoms with E-state index in [9.17, 15) is 0 Å². The summed E-state index contributed by atoms with van der Waals surface area (Å²) >= 11 is 5.43. The van der Waals surface area contributed by atoms with Crippen molar-refractivity contribution in [2.24, 2.45) is 0 Å². The van der Waals surface area contributed by atoms with Crippen LogP contribution in [0.5, 0.6) is 0 Å². The predicted molar refractivity (Wildman–Crippen MR) is 300 cm³/mol. The second kappa shape index (κ2) is 15.0. The van der Waals surface area contributed by atoms with Gasteiger partial charge in [0.2, 0.25) is 0 Å². The maximum atomic E-state index is 6.74. The lowest BCUT2D eigenvalue weighted by atomic mass is 9.89. The molecule has 6 heterocycles. The second-order valence-corrected chi connectivity index (χ2v) is 21.4. The summed E-state index contributed by atoms with van der Waals surface area (Å²) in [7, 11) is 0. The molecule has 0 unspecified atom stereocenters. The highest BCUT2D eigenvalue weighted by Gasteiger charge is 2.23. The minimum atomic E-state index is 0.580. The fourth-order valence-corrected chi connectivity index (χ4v) is 14.3. The first-order chi connectivity index (χ1) is 35.1. The van der Waals surface area contributed by atoms with E-state index in [0.717, 1.165) is 82.8 Å². The quantitative estimate of drug-likeness (QED) is 0.172. The van der Waals surface area contributed by atoms with Crippen molar-refractivity contribution in [3.8, 4) is 56.4 Å². The van der Waals surface area contributed by atoms with E-state index in [4.69, 9.17) is 23.8 Å². The average Bonchev–Trinajstić information content (AvgIpc) is 4.25. The van der Waals surface area contributed by atoms with Gasteiger partial charge in [-0.1, -0.05) is 133 Å². The van der Waals surface area contributed by atoms with Gasteiger partial charge in [-0.05, 0) is 83.4 Å². The van der Waals surface area contributed by atoms with E-state index in [1.807, 2.05) is 29.5 Å². The molecule has 0 spiro atoms. The predicted octanol–water partition coefficient (Wildman–Crippen LogP) is 19.1. The number of hydrogen-bond acceptors (Lipinski definition) is 8. The lowest BCUT2D eigenvalue weighted by molar-refractivity contribution is 0.669. The molecule has 0 saturated heterocycles. The van der Waals surface area contributed by atoms with Gasteiger partial charge in [-0.15, -0.1) is 34.0 Å². The minimum Gasteiger partial charge on any atom is -0.456 e. The smallest absolute Gasteiger partial charge is 0.164 e. The molecule has 0 aliphatic rings. The van der Waals surface area contributed by atoms with Crippen LogP contribution in [0.25, 0.3) is 161 Å². The highest BCUT2D eigenvalue weighted by Crippen LogP contribution is 2.47. The fraction of sp³-hybridized carbons (Fsp3) is 0. The Labute approximate surface area is 416 Å². The summed E-state index contributed by atoms with van der Waals surface area (Å²) in [6, 6.07) is 71.4. The van der Waals surface area contributed by atoms with Gasteiger partial charge in [-0.25, -0.2) is 15.0 Å². The molecule has 330 valence electrons. The average molecular weight is 960 g/mol. The molecule has 16 aromatic rings. The molecule has 5 nitrogen and oxygen atoms in total. The van der Waals surface area contributed by atoms with Crippen LogP contribution in [0.4, 0.5) is 0 Å². The van der Waals surface area contributed by atoms with E-state index in [0.29, 0.717) is 17.5 Å². The lowest BCUT2D eigenvalue weighted by Crippen LogP contribution is -2.00. The molecule has 0 fully saturated rings. The standard InChI is InChI=1S/C63H33N3O2S3/c1-5-15-48-45(13-1)60-51(67-48)29-27-38(34-20-24-42-39-10-2-6-17-52(39)69-55(42)31-34)58(60)35-23-28-49-47(30-35)59-46(14-9-16-50(59)68-49)63-65-61(36-21-25-43-40-11-3-7-18-53(40)70-56(43)32-36)64-62(66-63)37-22-26-44-41-12-4-8-19-54(41)71-57(44)33-37/h1-33H. The number of nitrogens with zero attached hydrogens (tertiary/aromatic N) is 3. The monoisotopic (exact) mass is 959 g/mol. The third-order valence-electron chi connectivity index (χ3n) is 14.2. The zero-order valence-electron chi connectivity index (χ0n) is 37.4. The van der Waals surface area contributed by atoms with Crippen molar-refractivity contribution in [1.82, 2.24) is 15.0 Å². The van der Waals surface area contributed by atoms with E-state index < -0.39 is 0 Å². The summed E-state index contributed by atoms with van der Waals surface area (Å²) in [5, 5.41) is 11.6. The zero-order chi connectivity index (χ0) is 46.3. The lowest BCUT2D eigenvalue weighted by Gasteiger charge is -2.13. The van der Waals surface area contributed by atoms with Crippen molar-refractivity contribution in [2.45, 2.75) is 0 Å². The Morgan fingerprint density at radius 1 is 0.268 bits per heavy atom. The van der Waals surface area contributed by atoms with Gasteiger partial charge < -0.3 is 8.83 Å². The van der Waals surface area contributed by atoms with Crippen molar-refractivity contribution in [2.75, 3.05) is 0 Å². The van der Waals surface area contributed by atoms with Gasteiger partial charge in [-0.2, -0.15) is 0 Å². The van der Waals surface area contributed by atoms with Gasteiger partial charge in [0.05, 0.1) is 0 Å². The van der Waals surface area contributed by atoms with Crippen LogP contribution in [0, 0.1) is 0 Å². The molecule has 0 amide bonds. The Morgan fingerprint density at radius 3 is 1.34 bits per heavy atom. The molecule has 0 aliphatic carbocycles. The molecule has 71 heavy (non-hydrogen) atoms. The highest BCUT2D eigenvalue weighted by atomic mass is 32.1. The molecule has 0 aliphatic heterocycles. The zero-order valence-corrected chi connectivity index (χ0v) is 39.9. The molecule has 0 N–H and O–H groups in total. The van der Waals surface area contributed by atoms with E-state index >= 15 is 0 Å². The number of benzene rings is 10. The number of thiophene rings is 3. The van der Waals surface area contributed by atoms with Gasteiger partial charge in [0.15, 0.2) is 17.5 Å². The molecule has 8 heteroatoms. The summed E-state index contributed by atoms with van der Waals surface area (Å²) in [6.07, 6.45) is 0. The van der Waals surface area contributed by atoms with E-state index in [1.54, 1.807) is 22.7 Å². The van der Waals surface area contributed by atoms with Gasteiger partial charge in [-0.3, -0.25) is 0 Å². The summed E-state index contributed by atoms with van der Waals surface area (Å²) in [6.45, 7) is 0. The van der Waals surface area contributed by atoms with Crippen molar-refractivity contribution < 1.29 is 8.83 Å². The number of rotatable bonds is 5. The fourth-order valence-electron chi connectivity index (χ4n) is 10.9. The van der Waals surface area contributed by atoms with Crippen molar-refractivity contribution >= 4 is 138 Å². The van der Waals surface area contributed by atoms with Crippen molar-refractivity contribution in [1.29, 1.82) is 0 Å². The summed E-state index contributed by atoms with van der Waals surface area (Å²) in [5.41, 5.74) is 10.4. The van der Waals surface area contributed by atoms with Crippen molar-refractivity contribution in [3.05, 3.63) is 200 Å². The maximum absolute atomic E-state index is 6.74. The summed E-state index contributed by atoms with van der Waals surface area (Å²) in [4.78, 5) is 16.0. The van der Waals surface area contributed by atoms with Gasteiger partial charge in [0, 0.05) is 104 Å². The molecule has 0 saturated carbocycles. The second-order valence-electron chi connectivity index (χ2n) is 18.2. The van der Waals surface area contributed by atoms with Crippen LogP contribution in [0.3, 0.4) is 0 Å². The van der Waals surface area contributed by atoms with Crippen LogP contribution in [0.2, 0.25) is 0 Å². The Bertz CT molecular complexity index is 4780. The first-order valence-corrected chi connectivity index (χ1v) is 26.0. The van der Waals surface area contributed by atoms with Crippen LogP contribution >= 0.6 is 34.0 Å². The molecule has 10 aromatic carbocycles. The first kappa shape index (κ1) is 39.3. The molecule has 6 aromatic heterocycles. The molecule has 16 rings (SSSR count). The van der Waals surface area contributed by atoms with E-state index in [2.05, 4.69) is 182 Å². The van der Waals surface area contributed by atoms with Crippen LogP contribution in [0.15, 0.2) is 209 Å². The normalized spacial score (nSPS) is 12.2. The van der Waals surface area contributed by atoms with Crippen LogP contribution in [0.1, 0.15) is 0 Å². The number of para-hydroxylation sites is 1. The third-order valence-corrected chi connectivity index (χ3v) is 17.6. The van der Waals surface area contributed by atoms with Crippen LogP contribution < -0.4 is 0 Å². The topological polar surface area (TPSA) is 65.0 Å². The third kappa shape index (κ3) is 5.99. The van der Waals surface area contributed by atoms with Crippen molar-refractivity contribution in [3.63, 3.8) is 0 Å². The highest BCUT2D eigenvalue weighted by molar-refractivity contribution is 7.26. The molecule has 0 bridgehead atoms. The van der Waals surface area contributed by atoms with Gasteiger partial charge in [0.25, 0.3) is 0 Å². The number of aromatic nitrogens is 3. The Hall–Kier alpha value is -8.53. The number of hydrogen-bond donors (Lipinski definition) is 0. The van der Waals surface area contributed by atoms with Crippen LogP contribution in [-0.4, -0.2) is 15.0 Å². The molecule has 0 radical (unpaired) electrons. The Morgan fingerprint density at radius 2 is 0.718 bits per heavy atom. The molecular weight excluding hydrogens is 927 g/mol. The minimum absolute atomic E-state index is 0.580. The SMILES string of the molecule is c1ccc2c(c1)oc1ccc(-c3ccc4c(c3)sc3ccccc34)c(-c3ccc4oc5cccc(-c6nc(-c7ccc8c(c7)sc7ccccc78)nc(-c7ccc8c(c7)sc7ccccc78)n6)c5c4c3)c12. The van der Waals surface area contributed by atoms with E-state index in [1.165, 1.54) is 60.5 Å². The molecular formula is C63H33N3O2S3. The van der Waals surface area contributed by atoms with Gasteiger partial charge in [0.1, 0.15) is 22.3 Å². The molecule has 0 atom stereocenters. The Kier molecular flexibility index (Phi) is 8.30. The summed E-state index contributed by atoms with van der Waals surface area (Å²) in [5.74, 6) is 1.81. The number of fused-ring (bicyclic) bond motifs is 15. The summed E-state index contributed by atoms with van der Waals surface area (Å²) < 4.78 is 20.8. The first-order valence-electron chi connectivity index (χ1n) is 23.5.